The average Bonchev–Trinajstić information content (AvgIpc) is 2.81. The molecular weight excluding hydrogens is 240 g/mol. The Morgan fingerprint density at radius 2 is 2.16 bits per heavy atom. The monoisotopic (exact) mass is 258 g/mol. The topological polar surface area (TPSA) is 63.6 Å². The minimum Gasteiger partial charge on any atom is -0.369 e. The molecule has 1 amide bonds. The fourth-order valence-corrected chi connectivity index (χ4v) is 2.67. The lowest BCUT2D eigenvalue weighted by Gasteiger charge is -2.29. The normalized spacial score (nSPS) is 17.9. The Morgan fingerprint density at radius 1 is 1.37 bits per heavy atom. The number of hydrogen-bond donors (Lipinski definition) is 1. The summed E-state index contributed by atoms with van der Waals surface area (Å²) in [6.45, 7) is 2.68. The van der Waals surface area contributed by atoms with Crippen LogP contribution in [-0.4, -0.2) is 33.3 Å². The Hall–Kier alpha value is -1.88. The largest absolute Gasteiger partial charge is 0.369 e. The molecular formula is C14H18N4O. The van der Waals surface area contributed by atoms with E-state index in [-0.39, 0.29) is 11.8 Å². The third-order valence-electron chi connectivity index (χ3n) is 3.79. The van der Waals surface area contributed by atoms with Crippen molar-refractivity contribution in [3.05, 3.63) is 36.3 Å². The van der Waals surface area contributed by atoms with Gasteiger partial charge in [-0.05, 0) is 38.1 Å². The summed E-state index contributed by atoms with van der Waals surface area (Å²) in [5.41, 5.74) is 7.39. The van der Waals surface area contributed by atoms with E-state index in [0.29, 0.717) is 0 Å². The first-order valence-electron chi connectivity index (χ1n) is 6.66. The molecule has 5 nitrogen and oxygen atoms in total. The van der Waals surface area contributed by atoms with Crippen molar-refractivity contribution >= 4 is 11.6 Å². The first-order chi connectivity index (χ1) is 9.22. The smallest absolute Gasteiger partial charge is 0.220 e. The second-order valence-electron chi connectivity index (χ2n) is 5.15. The summed E-state index contributed by atoms with van der Waals surface area (Å²) >= 11 is 0. The van der Waals surface area contributed by atoms with Crippen LogP contribution in [0.1, 0.15) is 18.5 Å². The molecule has 2 N–H and O–H groups in total. The molecule has 100 valence electrons. The third-order valence-corrected chi connectivity index (χ3v) is 3.79. The molecule has 0 unspecified atom stereocenters. The van der Waals surface area contributed by atoms with E-state index in [1.165, 1.54) is 0 Å². The van der Waals surface area contributed by atoms with Crippen LogP contribution in [0.4, 0.5) is 0 Å². The molecule has 3 heterocycles. The zero-order chi connectivity index (χ0) is 13.2. The molecule has 0 atom stereocenters. The Balaban J connectivity index is 1.64. The van der Waals surface area contributed by atoms with E-state index < -0.39 is 0 Å². The van der Waals surface area contributed by atoms with Gasteiger partial charge in [-0.15, -0.1) is 0 Å². The first kappa shape index (κ1) is 12.2. The number of primary amides is 1. The van der Waals surface area contributed by atoms with Gasteiger partial charge in [0.25, 0.3) is 0 Å². The van der Waals surface area contributed by atoms with Crippen molar-refractivity contribution in [1.82, 2.24) is 14.3 Å². The van der Waals surface area contributed by atoms with Gasteiger partial charge in [-0.1, -0.05) is 6.07 Å². The van der Waals surface area contributed by atoms with Gasteiger partial charge >= 0.3 is 0 Å². The van der Waals surface area contributed by atoms with E-state index in [2.05, 4.69) is 16.1 Å². The first-order valence-corrected chi connectivity index (χ1v) is 6.66. The van der Waals surface area contributed by atoms with E-state index in [4.69, 9.17) is 5.73 Å². The van der Waals surface area contributed by atoms with E-state index in [1.807, 2.05) is 28.8 Å². The van der Waals surface area contributed by atoms with Crippen molar-refractivity contribution in [2.24, 2.45) is 11.7 Å². The zero-order valence-electron chi connectivity index (χ0n) is 10.8. The number of amides is 1. The molecule has 1 aliphatic heterocycles. The van der Waals surface area contributed by atoms with Gasteiger partial charge in [0, 0.05) is 24.9 Å². The highest BCUT2D eigenvalue weighted by Crippen LogP contribution is 2.18. The number of carbonyl (C=O) groups excluding carboxylic acids is 1. The predicted molar refractivity (Wildman–Crippen MR) is 72.4 cm³/mol. The number of nitrogens with zero attached hydrogens (tertiary/aromatic N) is 3. The maximum absolute atomic E-state index is 11.1. The van der Waals surface area contributed by atoms with Crippen molar-refractivity contribution in [1.29, 1.82) is 0 Å². The van der Waals surface area contributed by atoms with Gasteiger partial charge in [-0.2, -0.15) is 0 Å². The van der Waals surface area contributed by atoms with Gasteiger partial charge in [0.05, 0.1) is 5.69 Å². The molecule has 0 aliphatic carbocycles. The molecule has 1 fully saturated rings. The second-order valence-corrected chi connectivity index (χ2v) is 5.15. The minimum absolute atomic E-state index is 0.0531. The van der Waals surface area contributed by atoms with Gasteiger partial charge in [-0.3, -0.25) is 9.69 Å². The molecule has 1 saturated heterocycles. The van der Waals surface area contributed by atoms with Gasteiger partial charge in [0.2, 0.25) is 5.91 Å². The van der Waals surface area contributed by atoms with Crippen LogP contribution in [0.15, 0.2) is 30.6 Å². The van der Waals surface area contributed by atoms with E-state index in [9.17, 15) is 4.79 Å². The van der Waals surface area contributed by atoms with Crippen LogP contribution in [0.2, 0.25) is 0 Å². The van der Waals surface area contributed by atoms with E-state index in [1.54, 1.807) is 0 Å². The highest BCUT2D eigenvalue weighted by atomic mass is 16.1. The SMILES string of the molecule is NC(=O)C1CCN(Cc2cn3ccccc3n2)CC1. The number of fused-ring (bicyclic) bond motifs is 1. The molecule has 5 heteroatoms. The van der Waals surface area contributed by atoms with Crippen molar-refractivity contribution in [2.45, 2.75) is 19.4 Å². The maximum Gasteiger partial charge on any atom is 0.220 e. The number of imidazole rings is 1. The number of hydrogen-bond acceptors (Lipinski definition) is 3. The number of aromatic nitrogens is 2. The van der Waals surface area contributed by atoms with Gasteiger partial charge in [-0.25, -0.2) is 4.98 Å². The minimum atomic E-state index is -0.160. The fourth-order valence-electron chi connectivity index (χ4n) is 2.67. The number of rotatable bonds is 3. The third kappa shape index (κ3) is 2.61. The molecule has 19 heavy (non-hydrogen) atoms. The van der Waals surface area contributed by atoms with E-state index in [0.717, 1.165) is 43.8 Å². The molecule has 0 spiro atoms. The molecule has 0 radical (unpaired) electrons. The highest BCUT2D eigenvalue weighted by molar-refractivity contribution is 5.76. The summed E-state index contributed by atoms with van der Waals surface area (Å²) in [5, 5.41) is 0. The molecule has 2 aromatic rings. The lowest BCUT2D eigenvalue weighted by molar-refractivity contribution is -0.123. The Morgan fingerprint density at radius 3 is 2.84 bits per heavy atom. The number of likely N-dealkylation sites (tertiary alicyclic amines) is 1. The predicted octanol–water partition coefficient (Wildman–Crippen LogP) is 1.03. The highest BCUT2D eigenvalue weighted by Gasteiger charge is 2.23. The number of nitrogens with two attached hydrogens (primary N) is 1. The Kier molecular flexibility index (Phi) is 3.21. The van der Waals surface area contributed by atoms with Crippen LogP contribution in [0.5, 0.6) is 0 Å². The lowest BCUT2D eigenvalue weighted by Crippen LogP contribution is -2.38. The molecule has 0 aromatic carbocycles. The van der Waals surface area contributed by atoms with Crippen molar-refractivity contribution in [3.8, 4) is 0 Å². The van der Waals surface area contributed by atoms with Crippen molar-refractivity contribution in [3.63, 3.8) is 0 Å². The lowest BCUT2D eigenvalue weighted by atomic mass is 9.96. The van der Waals surface area contributed by atoms with Gasteiger partial charge in [0.15, 0.2) is 0 Å². The summed E-state index contributed by atoms with van der Waals surface area (Å²) in [5.74, 6) is -0.107. The van der Waals surface area contributed by atoms with Crippen LogP contribution in [0.3, 0.4) is 0 Å². The number of piperidine rings is 1. The second kappa shape index (κ2) is 5.01. The number of carbonyl (C=O) groups is 1. The zero-order valence-corrected chi connectivity index (χ0v) is 10.8. The Bertz CT molecular complexity index is 551. The maximum atomic E-state index is 11.1. The van der Waals surface area contributed by atoms with Crippen molar-refractivity contribution < 1.29 is 4.79 Å². The molecule has 0 saturated carbocycles. The standard InChI is InChI=1S/C14H18N4O/c15-14(19)11-4-7-17(8-5-11)9-12-10-18-6-2-1-3-13(18)16-12/h1-3,6,10-11H,4-5,7-9H2,(H2,15,19). The summed E-state index contributed by atoms with van der Waals surface area (Å²) in [6.07, 6.45) is 5.80. The molecule has 3 rings (SSSR count). The number of pyridine rings is 1. The summed E-state index contributed by atoms with van der Waals surface area (Å²) in [4.78, 5) is 18.0. The summed E-state index contributed by atoms with van der Waals surface area (Å²) < 4.78 is 2.03. The van der Waals surface area contributed by atoms with Crippen LogP contribution in [-0.2, 0) is 11.3 Å². The van der Waals surface area contributed by atoms with Gasteiger partial charge in [0.1, 0.15) is 5.65 Å². The van der Waals surface area contributed by atoms with Crippen LogP contribution >= 0.6 is 0 Å². The molecule has 2 aromatic heterocycles. The Labute approximate surface area is 112 Å². The van der Waals surface area contributed by atoms with Crippen LogP contribution in [0.25, 0.3) is 5.65 Å². The fraction of sp³-hybridized carbons (Fsp3) is 0.429. The van der Waals surface area contributed by atoms with E-state index >= 15 is 0 Å². The molecule has 0 bridgehead atoms. The van der Waals surface area contributed by atoms with Gasteiger partial charge < -0.3 is 10.1 Å². The average molecular weight is 258 g/mol. The van der Waals surface area contributed by atoms with Crippen LogP contribution < -0.4 is 5.73 Å². The summed E-state index contributed by atoms with van der Waals surface area (Å²) in [7, 11) is 0. The summed E-state index contributed by atoms with van der Waals surface area (Å²) in [6, 6.07) is 5.99. The quantitative estimate of drug-likeness (QED) is 0.894. The molecule has 1 aliphatic rings. The van der Waals surface area contributed by atoms with Crippen molar-refractivity contribution in [2.75, 3.05) is 13.1 Å². The van der Waals surface area contributed by atoms with Crippen LogP contribution in [0, 0.1) is 5.92 Å².